The van der Waals surface area contributed by atoms with Gasteiger partial charge in [-0.15, -0.1) is 0 Å². The van der Waals surface area contributed by atoms with Gasteiger partial charge in [-0.3, -0.25) is 14.3 Å². The van der Waals surface area contributed by atoms with E-state index < -0.39 is 39.1 Å². The molecule has 1 aliphatic rings. The van der Waals surface area contributed by atoms with Crippen molar-refractivity contribution in [1.82, 2.24) is 9.80 Å². The van der Waals surface area contributed by atoms with E-state index in [1.807, 2.05) is 0 Å². The van der Waals surface area contributed by atoms with Crippen molar-refractivity contribution in [3.05, 3.63) is 65.2 Å². The summed E-state index contributed by atoms with van der Waals surface area (Å²) in [5, 5.41) is 0. The summed E-state index contributed by atoms with van der Waals surface area (Å²) in [5.74, 6) is -1.19. The fourth-order valence-electron chi connectivity index (χ4n) is 3.33. The number of benzene rings is 2. The molecule has 1 fully saturated rings. The molecule has 2 aromatic rings. The van der Waals surface area contributed by atoms with Gasteiger partial charge >= 0.3 is 6.18 Å². The fourth-order valence-corrected chi connectivity index (χ4v) is 3.91. The lowest BCUT2D eigenvalue weighted by Crippen LogP contribution is -2.51. The van der Waals surface area contributed by atoms with E-state index in [4.69, 9.17) is 0 Å². The minimum atomic E-state index is -4.65. The Bertz CT molecular complexity index is 1090. The third-order valence-electron chi connectivity index (χ3n) is 4.77. The molecule has 11 heteroatoms. The number of rotatable bonds is 4. The molecule has 166 valence electrons. The van der Waals surface area contributed by atoms with Gasteiger partial charge in [-0.05, 0) is 24.3 Å². The van der Waals surface area contributed by atoms with Crippen LogP contribution >= 0.6 is 0 Å². The Morgan fingerprint density at radius 1 is 0.839 bits per heavy atom. The van der Waals surface area contributed by atoms with Crippen LogP contribution in [0.1, 0.15) is 26.3 Å². The second kappa shape index (κ2) is 8.58. The van der Waals surface area contributed by atoms with E-state index >= 15 is 0 Å². The van der Waals surface area contributed by atoms with Gasteiger partial charge in [0.05, 0.1) is 28.6 Å². The van der Waals surface area contributed by atoms with Gasteiger partial charge in [0.15, 0.2) is 0 Å². The van der Waals surface area contributed by atoms with E-state index in [0.29, 0.717) is 0 Å². The molecule has 7 nitrogen and oxygen atoms in total. The summed E-state index contributed by atoms with van der Waals surface area (Å²) in [6.45, 7) is 0.314. The highest BCUT2D eigenvalue weighted by Crippen LogP contribution is 2.32. The SMILES string of the molecule is CS(=O)(=O)Nc1ccccc1C(=O)N1CCN(C(=O)c2ccccc2C(F)(F)F)CC1. The molecule has 0 radical (unpaired) electrons. The fraction of sp³-hybridized carbons (Fsp3) is 0.300. The van der Waals surface area contributed by atoms with Crippen molar-refractivity contribution in [3.63, 3.8) is 0 Å². The standard InChI is InChI=1S/C20H20F3N3O4S/c1-31(29,30)24-17-9-5-3-7-15(17)19(28)26-12-10-25(11-13-26)18(27)14-6-2-4-8-16(14)20(21,22)23/h2-9,24H,10-13H2,1H3. The van der Waals surface area contributed by atoms with Gasteiger partial charge in [0.25, 0.3) is 11.8 Å². The van der Waals surface area contributed by atoms with Crippen molar-refractivity contribution in [3.8, 4) is 0 Å². The summed E-state index contributed by atoms with van der Waals surface area (Å²) in [5.41, 5.74) is -1.15. The first-order chi connectivity index (χ1) is 14.5. The Morgan fingerprint density at radius 3 is 1.81 bits per heavy atom. The molecule has 0 spiro atoms. The number of sulfonamides is 1. The number of anilines is 1. The average molecular weight is 455 g/mol. The number of halogens is 3. The first-order valence-electron chi connectivity index (χ1n) is 9.29. The van der Waals surface area contributed by atoms with Crippen LogP contribution in [-0.4, -0.2) is 62.5 Å². The van der Waals surface area contributed by atoms with Crippen LogP contribution in [0.3, 0.4) is 0 Å². The largest absolute Gasteiger partial charge is 0.417 e. The smallest absolute Gasteiger partial charge is 0.335 e. The van der Waals surface area contributed by atoms with E-state index in [1.54, 1.807) is 12.1 Å². The summed E-state index contributed by atoms with van der Waals surface area (Å²) < 4.78 is 65.0. The van der Waals surface area contributed by atoms with Gasteiger partial charge in [-0.2, -0.15) is 13.2 Å². The lowest BCUT2D eigenvalue weighted by molar-refractivity contribution is -0.138. The Morgan fingerprint density at radius 2 is 1.29 bits per heavy atom. The van der Waals surface area contributed by atoms with Gasteiger partial charge in [0.1, 0.15) is 0 Å². The number of para-hydroxylation sites is 1. The number of piperazine rings is 1. The van der Waals surface area contributed by atoms with E-state index in [0.717, 1.165) is 18.4 Å². The molecule has 2 aromatic carbocycles. The van der Waals surface area contributed by atoms with E-state index in [1.165, 1.54) is 34.1 Å². The average Bonchev–Trinajstić information content (AvgIpc) is 2.71. The van der Waals surface area contributed by atoms with Crippen LogP contribution in [0.25, 0.3) is 0 Å². The van der Waals surface area contributed by atoms with Gasteiger partial charge in [0, 0.05) is 26.2 Å². The predicted octanol–water partition coefficient (Wildman–Crippen LogP) is 2.68. The van der Waals surface area contributed by atoms with E-state index in [2.05, 4.69) is 4.72 Å². The van der Waals surface area contributed by atoms with Crippen LogP contribution in [0.4, 0.5) is 18.9 Å². The molecular formula is C20H20F3N3O4S. The van der Waals surface area contributed by atoms with Gasteiger partial charge < -0.3 is 9.80 Å². The lowest BCUT2D eigenvalue weighted by atomic mass is 10.1. The molecule has 0 aliphatic carbocycles. The van der Waals surface area contributed by atoms with Crippen LogP contribution in [0.5, 0.6) is 0 Å². The highest BCUT2D eigenvalue weighted by Gasteiger charge is 2.36. The van der Waals surface area contributed by atoms with Crippen molar-refractivity contribution < 1.29 is 31.2 Å². The zero-order valence-electron chi connectivity index (χ0n) is 16.5. The maximum atomic E-state index is 13.2. The summed E-state index contributed by atoms with van der Waals surface area (Å²) in [6.07, 6.45) is -3.68. The number of hydrogen-bond acceptors (Lipinski definition) is 4. The molecule has 0 unspecified atom stereocenters. The van der Waals surface area contributed by atoms with Crippen molar-refractivity contribution in [2.75, 3.05) is 37.2 Å². The topological polar surface area (TPSA) is 86.8 Å². The molecule has 0 aromatic heterocycles. The van der Waals surface area contributed by atoms with Crippen LogP contribution in [0.2, 0.25) is 0 Å². The molecule has 0 saturated carbocycles. The summed E-state index contributed by atoms with van der Waals surface area (Å²) in [6, 6.07) is 10.7. The maximum Gasteiger partial charge on any atom is 0.417 e. The van der Waals surface area contributed by atoms with E-state index in [9.17, 15) is 31.2 Å². The second-order valence-electron chi connectivity index (χ2n) is 7.05. The van der Waals surface area contributed by atoms with E-state index in [-0.39, 0.29) is 37.4 Å². The normalized spacial score (nSPS) is 15.0. The Balaban J connectivity index is 1.73. The first kappa shape index (κ1) is 22.6. The molecule has 1 heterocycles. The third-order valence-corrected chi connectivity index (χ3v) is 5.36. The molecule has 1 aliphatic heterocycles. The number of carbonyl (C=O) groups is 2. The minimum Gasteiger partial charge on any atom is -0.335 e. The number of alkyl halides is 3. The molecule has 3 rings (SSSR count). The Hall–Kier alpha value is -3.08. The van der Waals surface area contributed by atoms with Crippen LogP contribution in [-0.2, 0) is 16.2 Å². The zero-order valence-corrected chi connectivity index (χ0v) is 17.3. The zero-order chi connectivity index (χ0) is 22.8. The molecule has 31 heavy (non-hydrogen) atoms. The monoisotopic (exact) mass is 455 g/mol. The lowest BCUT2D eigenvalue weighted by Gasteiger charge is -2.35. The Labute approximate surface area is 177 Å². The second-order valence-corrected chi connectivity index (χ2v) is 8.80. The number of carbonyl (C=O) groups excluding carboxylic acids is 2. The van der Waals surface area contributed by atoms with Crippen LogP contribution in [0, 0.1) is 0 Å². The number of nitrogens with one attached hydrogen (secondary N) is 1. The third kappa shape index (κ3) is 5.35. The Kier molecular flexibility index (Phi) is 6.25. The van der Waals surface area contributed by atoms with Crippen molar-refractivity contribution >= 4 is 27.5 Å². The van der Waals surface area contributed by atoms with Gasteiger partial charge in [-0.1, -0.05) is 24.3 Å². The quantitative estimate of drug-likeness (QED) is 0.768. The molecule has 0 bridgehead atoms. The molecule has 0 atom stereocenters. The van der Waals surface area contributed by atoms with Crippen LogP contribution in [0.15, 0.2) is 48.5 Å². The predicted molar refractivity (Wildman–Crippen MR) is 108 cm³/mol. The van der Waals surface area contributed by atoms with Gasteiger partial charge in [0.2, 0.25) is 10.0 Å². The summed E-state index contributed by atoms with van der Waals surface area (Å²) in [4.78, 5) is 28.3. The molecular weight excluding hydrogens is 435 g/mol. The minimum absolute atomic E-state index is 0.0540. The maximum absolute atomic E-state index is 13.2. The highest BCUT2D eigenvalue weighted by atomic mass is 32.2. The van der Waals surface area contributed by atoms with Crippen molar-refractivity contribution in [2.24, 2.45) is 0 Å². The molecule has 1 N–H and O–H groups in total. The summed E-state index contributed by atoms with van der Waals surface area (Å²) in [7, 11) is -3.60. The highest BCUT2D eigenvalue weighted by molar-refractivity contribution is 7.92. The number of hydrogen-bond donors (Lipinski definition) is 1. The molecule has 1 saturated heterocycles. The summed E-state index contributed by atoms with van der Waals surface area (Å²) >= 11 is 0. The van der Waals surface area contributed by atoms with Gasteiger partial charge in [-0.25, -0.2) is 8.42 Å². The van der Waals surface area contributed by atoms with Crippen molar-refractivity contribution in [1.29, 1.82) is 0 Å². The molecule has 2 amide bonds. The number of nitrogens with zero attached hydrogens (tertiary/aromatic N) is 2. The first-order valence-corrected chi connectivity index (χ1v) is 11.2. The van der Waals surface area contributed by atoms with Crippen LogP contribution < -0.4 is 4.72 Å². The number of amides is 2. The van der Waals surface area contributed by atoms with Crippen molar-refractivity contribution in [2.45, 2.75) is 6.18 Å².